The van der Waals surface area contributed by atoms with E-state index in [0.29, 0.717) is 21.8 Å². The average molecular weight is 393 g/mol. The van der Waals surface area contributed by atoms with Gasteiger partial charge in [0.2, 0.25) is 4.80 Å². The first-order valence-corrected chi connectivity index (χ1v) is 9.24. The van der Waals surface area contributed by atoms with Crippen molar-refractivity contribution >= 4 is 34.3 Å². The normalized spacial score (nSPS) is 15.4. The predicted molar refractivity (Wildman–Crippen MR) is 108 cm³/mol. The summed E-state index contributed by atoms with van der Waals surface area (Å²) in [6.07, 6.45) is 0. The van der Waals surface area contributed by atoms with Gasteiger partial charge in [0.25, 0.3) is 11.6 Å². The number of anilines is 1. The summed E-state index contributed by atoms with van der Waals surface area (Å²) >= 11 is 1.35. The highest BCUT2D eigenvalue weighted by Crippen LogP contribution is 2.29. The molecule has 0 atom stereocenters. The summed E-state index contributed by atoms with van der Waals surface area (Å²) in [5, 5.41) is 17.6. The first-order chi connectivity index (χ1) is 13.5. The van der Waals surface area contributed by atoms with Gasteiger partial charge in [-0.2, -0.15) is 5.10 Å². The smallest absolute Gasteiger partial charge is 0.279 e. The molecule has 2 heterocycles. The van der Waals surface area contributed by atoms with E-state index in [4.69, 9.17) is 0 Å². The van der Waals surface area contributed by atoms with Crippen molar-refractivity contribution in [2.75, 3.05) is 19.0 Å². The minimum Gasteiger partial charge on any atom is -0.309 e. The molecule has 140 valence electrons. The highest BCUT2D eigenvalue weighted by molar-refractivity contribution is 7.07. The molecule has 4 rings (SSSR count). The van der Waals surface area contributed by atoms with Crippen LogP contribution in [0.4, 0.5) is 11.4 Å². The molecule has 1 aliphatic rings. The molecule has 1 amide bonds. The van der Waals surface area contributed by atoms with Gasteiger partial charge in [-0.25, -0.2) is 4.68 Å². The molecule has 1 aromatic heterocycles. The topological polar surface area (TPSA) is 93.1 Å². The summed E-state index contributed by atoms with van der Waals surface area (Å²) in [6.45, 7) is 0. The molecule has 0 fully saturated rings. The number of nitro benzene ring substituents is 1. The number of thiazole rings is 1. The lowest BCUT2D eigenvalue weighted by molar-refractivity contribution is -0.384. The molecule has 0 saturated carbocycles. The van der Waals surface area contributed by atoms with Crippen molar-refractivity contribution in [3.63, 3.8) is 0 Å². The maximum atomic E-state index is 12.7. The Morgan fingerprint density at radius 3 is 2.68 bits per heavy atom. The predicted octanol–water partition coefficient (Wildman–Crippen LogP) is 2.88. The second-order valence-electron chi connectivity index (χ2n) is 6.08. The number of nitro groups is 1. The first kappa shape index (κ1) is 17.8. The van der Waals surface area contributed by atoms with E-state index in [2.05, 4.69) is 10.1 Å². The van der Waals surface area contributed by atoms with Crippen LogP contribution in [0, 0.1) is 10.1 Å². The molecule has 8 nitrogen and oxygen atoms in total. The van der Waals surface area contributed by atoms with Crippen molar-refractivity contribution in [1.82, 2.24) is 4.68 Å². The van der Waals surface area contributed by atoms with Crippen LogP contribution in [0.5, 0.6) is 0 Å². The quantitative estimate of drug-likeness (QED) is 0.506. The highest BCUT2D eigenvalue weighted by atomic mass is 32.1. The number of carbonyl (C=O) groups excluding carboxylic acids is 1. The average Bonchev–Trinajstić information content (AvgIpc) is 3.23. The van der Waals surface area contributed by atoms with Gasteiger partial charge in [0.05, 0.1) is 16.3 Å². The molecule has 28 heavy (non-hydrogen) atoms. The van der Waals surface area contributed by atoms with Crippen molar-refractivity contribution in [3.05, 3.63) is 74.4 Å². The van der Waals surface area contributed by atoms with E-state index in [9.17, 15) is 14.9 Å². The largest absolute Gasteiger partial charge is 0.309 e. The van der Waals surface area contributed by atoms with Crippen LogP contribution in [-0.4, -0.2) is 35.3 Å². The number of likely N-dealkylation sites (N-methyl/N-ethyl adjacent to an activating group) is 1. The van der Waals surface area contributed by atoms with E-state index in [-0.39, 0.29) is 11.6 Å². The molecule has 0 aliphatic carbocycles. The third kappa shape index (κ3) is 2.81. The summed E-state index contributed by atoms with van der Waals surface area (Å²) in [7, 11) is 3.34. The van der Waals surface area contributed by atoms with Crippen LogP contribution >= 0.6 is 11.3 Å². The lowest BCUT2D eigenvalue weighted by Crippen LogP contribution is -2.27. The Bertz CT molecular complexity index is 1210. The molecule has 2 aromatic carbocycles. The van der Waals surface area contributed by atoms with Crippen LogP contribution in [-0.2, 0) is 4.79 Å². The van der Waals surface area contributed by atoms with E-state index in [1.165, 1.54) is 23.5 Å². The van der Waals surface area contributed by atoms with E-state index in [0.717, 1.165) is 11.3 Å². The van der Waals surface area contributed by atoms with Crippen LogP contribution in [0.15, 0.2) is 64.0 Å². The SMILES string of the molecule is CN=c1scc(-c2cccc([N+](=O)[O-])c2)n1N=C1C(=O)N(C)c2ccccc21. The minimum atomic E-state index is -0.442. The van der Waals surface area contributed by atoms with Gasteiger partial charge in [-0.3, -0.25) is 19.9 Å². The molecule has 0 unspecified atom stereocenters. The molecule has 0 spiro atoms. The van der Waals surface area contributed by atoms with Crippen LogP contribution in [0.25, 0.3) is 11.3 Å². The zero-order valence-electron chi connectivity index (χ0n) is 15.1. The van der Waals surface area contributed by atoms with Crippen LogP contribution in [0.2, 0.25) is 0 Å². The van der Waals surface area contributed by atoms with Gasteiger partial charge >= 0.3 is 0 Å². The van der Waals surface area contributed by atoms with Crippen molar-refractivity contribution in [1.29, 1.82) is 0 Å². The third-order valence-electron chi connectivity index (χ3n) is 4.46. The standard InChI is InChI=1S/C19H15N5O3S/c1-20-19-23(16(11-28-19)12-6-5-7-13(10-12)24(26)27)21-17-14-8-3-4-9-15(14)22(2)18(17)25/h3-11H,1-2H3. The van der Waals surface area contributed by atoms with Gasteiger partial charge in [-0.15, -0.1) is 11.3 Å². The summed E-state index contributed by atoms with van der Waals surface area (Å²) in [5.74, 6) is -0.216. The van der Waals surface area contributed by atoms with Gasteiger partial charge in [0.1, 0.15) is 0 Å². The maximum absolute atomic E-state index is 12.7. The zero-order valence-corrected chi connectivity index (χ0v) is 15.9. The van der Waals surface area contributed by atoms with Crippen molar-refractivity contribution in [3.8, 4) is 11.3 Å². The molecule has 1 aliphatic heterocycles. The molecular weight excluding hydrogens is 378 g/mol. The Balaban J connectivity index is 1.92. The number of para-hydroxylation sites is 1. The Hall–Kier alpha value is -3.59. The lowest BCUT2D eigenvalue weighted by Gasteiger charge is -2.07. The monoisotopic (exact) mass is 393 g/mol. The molecule has 9 heteroatoms. The number of hydrogen-bond acceptors (Lipinski definition) is 6. The van der Waals surface area contributed by atoms with Crippen molar-refractivity contribution in [2.24, 2.45) is 10.1 Å². The van der Waals surface area contributed by atoms with Gasteiger partial charge in [-0.1, -0.05) is 30.3 Å². The number of aromatic nitrogens is 1. The zero-order chi connectivity index (χ0) is 19.8. The van der Waals surface area contributed by atoms with E-state index in [1.807, 2.05) is 29.6 Å². The second-order valence-corrected chi connectivity index (χ2v) is 6.91. The minimum absolute atomic E-state index is 0.0140. The summed E-state index contributed by atoms with van der Waals surface area (Å²) in [4.78, 5) is 29.8. The Morgan fingerprint density at radius 1 is 1.14 bits per heavy atom. The number of non-ortho nitro benzene ring substituents is 1. The number of amides is 1. The van der Waals surface area contributed by atoms with E-state index >= 15 is 0 Å². The molecule has 0 N–H and O–H groups in total. The number of rotatable bonds is 3. The number of fused-ring (bicyclic) bond motifs is 1. The Kier molecular flexibility index (Phi) is 4.36. The fourth-order valence-electron chi connectivity index (χ4n) is 3.07. The summed E-state index contributed by atoms with van der Waals surface area (Å²) in [5.41, 5.74) is 3.06. The maximum Gasteiger partial charge on any atom is 0.279 e. The third-order valence-corrected chi connectivity index (χ3v) is 5.36. The second kappa shape index (κ2) is 6.86. The van der Waals surface area contributed by atoms with Crippen molar-refractivity contribution in [2.45, 2.75) is 0 Å². The summed E-state index contributed by atoms with van der Waals surface area (Å²) in [6, 6.07) is 13.7. The number of carbonyl (C=O) groups is 1. The Labute approximate surface area is 163 Å². The van der Waals surface area contributed by atoms with Gasteiger partial charge in [0.15, 0.2) is 5.71 Å². The van der Waals surface area contributed by atoms with Gasteiger partial charge in [0, 0.05) is 42.7 Å². The summed E-state index contributed by atoms with van der Waals surface area (Å²) < 4.78 is 1.56. The van der Waals surface area contributed by atoms with Crippen LogP contribution in [0.1, 0.15) is 5.56 Å². The molecule has 0 saturated heterocycles. The molecule has 0 bridgehead atoms. The Morgan fingerprint density at radius 2 is 1.93 bits per heavy atom. The molecular formula is C19H15N5O3S. The number of nitrogens with zero attached hydrogens (tertiary/aromatic N) is 5. The fraction of sp³-hybridized carbons (Fsp3) is 0.105. The van der Waals surface area contributed by atoms with E-state index in [1.54, 1.807) is 35.8 Å². The number of benzene rings is 2. The van der Waals surface area contributed by atoms with E-state index < -0.39 is 4.92 Å². The van der Waals surface area contributed by atoms with Crippen LogP contribution < -0.4 is 9.70 Å². The number of hydrogen-bond donors (Lipinski definition) is 0. The molecule has 3 aromatic rings. The van der Waals surface area contributed by atoms with Gasteiger partial charge < -0.3 is 4.90 Å². The van der Waals surface area contributed by atoms with Crippen LogP contribution in [0.3, 0.4) is 0 Å². The first-order valence-electron chi connectivity index (χ1n) is 8.36. The van der Waals surface area contributed by atoms with Crippen molar-refractivity contribution < 1.29 is 9.72 Å². The van der Waals surface area contributed by atoms with Gasteiger partial charge in [-0.05, 0) is 6.07 Å². The fourth-order valence-corrected chi connectivity index (χ4v) is 3.87. The lowest BCUT2D eigenvalue weighted by atomic mass is 10.1. The molecule has 0 radical (unpaired) electrons. The highest BCUT2D eigenvalue weighted by Gasteiger charge is 2.31.